The first-order chi connectivity index (χ1) is 6.20. The molecule has 1 saturated heterocycles. The number of hydrogen-bond acceptors (Lipinski definition) is 2. The maximum absolute atomic E-state index is 11.5. The lowest BCUT2D eigenvalue weighted by atomic mass is 9.97. The fourth-order valence-corrected chi connectivity index (χ4v) is 2.55. The smallest absolute Gasteiger partial charge is 0.237 e. The molecule has 1 amide bonds. The first-order valence-electron chi connectivity index (χ1n) is 5.20. The van der Waals surface area contributed by atoms with Crippen molar-refractivity contribution in [1.82, 2.24) is 10.2 Å². The Labute approximate surface area is 79.5 Å². The van der Waals surface area contributed by atoms with Crippen LogP contribution in [-0.4, -0.2) is 30.1 Å². The van der Waals surface area contributed by atoms with Gasteiger partial charge < -0.3 is 4.90 Å². The highest BCUT2D eigenvalue weighted by atomic mass is 16.2. The number of hydrogen-bond donors (Lipinski definition) is 1. The van der Waals surface area contributed by atoms with Crippen molar-refractivity contribution in [2.24, 2.45) is 11.8 Å². The number of carbonyl (C=O) groups excluding carboxylic acids is 1. The van der Waals surface area contributed by atoms with Gasteiger partial charge in [-0.15, -0.1) is 0 Å². The molecule has 3 heteroatoms. The summed E-state index contributed by atoms with van der Waals surface area (Å²) in [5, 5.41) is 3.11. The van der Waals surface area contributed by atoms with Gasteiger partial charge in [0.05, 0.1) is 13.2 Å². The van der Waals surface area contributed by atoms with Crippen LogP contribution < -0.4 is 5.32 Å². The summed E-state index contributed by atoms with van der Waals surface area (Å²) < 4.78 is 0. The molecule has 0 aromatic carbocycles. The van der Waals surface area contributed by atoms with Crippen LogP contribution in [0.15, 0.2) is 0 Å². The lowest BCUT2D eigenvalue weighted by Gasteiger charge is -2.27. The lowest BCUT2D eigenvalue weighted by molar-refractivity contribution is -0.129. The summed E-state index contributed by atoms with van der Waals surface area (Å²) >= 11 is 0. The molecule has 1 aliphatic carbocycles. The number of rotatable bonds is 1. The van der Waals surface area contributed by atoms with Gasteiger partial charge in [-0.2, -0.15) is 0 Å². The maximum atomic E-state index is 11.5. The molecule has 0 spiro atoms. The van der Waals surface area contributed by atoms with E-state index >= 15 is 0 Å². The van der Waals surface area contributed by atoms with Gasteiger partial charge in [0.25, 0.3) is 0 Å². The van der Waals surface area contributed by atoms with Crippen molar-refractivity contribution in [1.29, 1.82) is 0 Å². The Morgan fingerprint density at radius 2 is 2.15 bits per heavy atom. The molecule has 2 aliphatic rings. The van der Waals surface area contributed by atoms with E-state index in [2.05, 4.69) is 19.2 Å². The monoisotopic (exact) mass is 182 g/mol. The van der Waals surface area contributed by atoms with Crippen LogP contribution in [0.1, 0.15) is 26.7 Å². The van der Waals surface area contributed by atoms with Crippen LogP contribution in [0.2, 0.25) is 0 Å². The minimum atomic E-state index is 0.283. The molecule has 0 aromatic rings. The topological polar surface area (TPSA) is 32.3 Å². The van der Waals surface area contributed by atoms with Crippen LogP contribution in [0.3, 0.4) is 0 Å². The van der Waals surface area contributed by atoms with E-state index < -0.39 is 0 Å². The second-order valence-corrected chi connectivity index (χ2v) is 4.43. The van der Waals surface area contributed by atoms with Gasteiger partial charge >= 0.3 is 0 Å². The molecular formula is C10H18N2O. The SMILES string of the molecule is CC1CCC(N2CNCC2=O)C1C. The summed E-state index contributed by atoms with van der Waals surface area (Å²) in [6.07, 6.45) is 2.46. The molecule has 13 heavy (non-hydrogen) atoms. The number of nitrogens with zero attached hydrogens (tertiary/aromatic N) is 1. The van der Waals surface area contributed by atoms with Crippen molar-refractivity contribution in [2.75, 3.05) is 13.2 Å². The Morgan fingerprint density at radius 3 is 2.62 bits per heavy atom. The van der Waals surface area contributed by atoms with Crippen molar-refractivity contribution < 1.29 is 4.79 Å². The minimum Gasteiger partial charge on any atom is -0.326 e. The van der Waals surface area contributed by atoms with Gasteiger partial charge in [0.15, 0.2) is 0 Å². The molecular weight excluding hydrogens is 164 g/mol. The molecule has 3 nitrogen and oxygen atoms in total. The Balaban J connectivity index is 2.04. The molecule has 0 aromatic heterocycles. The molecule has 3 atom stereocenters. The summed E-state index contributed by atoms with van der Waals surface area (Å²) in [6.45, 7) is 5.87. The summed E-state index contributed by atoms with van der Waals surface area (Å²) in [5.41, 5.74) is 0. The van der Waals surface area contributed by atoms with Gasteiger partial charge in [0, 0.05) is 6.04 Å². The molecule has 1 saturated carbocycles. The number of nitrogens with one attached hydrogen (secondary N) is 1. The molecule has 1 N–H and O–H groups in total. The van der Waals surface area contributed by atoms with E-state index in [0.29, 0.717) is 18.5 Å². The Hall–Kier alpha value is -0.570. The number of carbonyl (C=O) groups is 1. The van der Waals surface area contributed by atoms with Crippen LogP contribution in [0.5, 0.6) is 0 Å². The Kier molecular flexibility index (Phi) is 2.28. The van der Waals surface area contributed by atoms with Gasteiger partial charge in [-0.25, -0.2) is 0 Å². The van der Waals surface area contributed by atoms with Crippen molar-refractivity contribution in [3.8, 4) is 0 Å². The van der Waals surface area contributed by atoms with Gasteiger partial charge in [0.1, 0.15) is 0 Å². The highest BCUT2D eigenvalue weighted by molar-refractivity contribution is 5.80. The minimum absolute atomic E-state index is 0.283. The fraction of sp³-hybridized carbons (Fsp3) is 0.900. The molecule has 2 rings (SSSR count). The number of amides is 1. The van der Waals surface area contributed by atoms with E-state index in [1.165, 1.54) is 12.8 Å². The standard InChI is InChI=1S/C10H18N2O/c1-7-3-4-9(8(7)2)12-6-11-5-10(12)13/h7-9,11H,3-6H2,1-2H3. The van der Waals surface area contributed by atoms with Crippen LogP contribution in [-0.2, 0) is 4.79 Å². The molecule has 1 aliphatic heterocycles. The quantitative estimate of drug-likeness (QED) is 0.651. The van der Waals surface area contributed by atoms with E-state index in [4.69, 9.17) is 0 Å². The second kappa shape index (κ2) is 3.29. The first kappa shape index (κ1) is 9.00. The summed E-state index contributed by atoms with van der Waals surface area (Å²) in [6, 6.07) is 0.498. The zero-order valence-electron chi connectivity index (χ0n) is 8.42. The first-order valence-corrected chi connectivity index (χ1v) is 5.20. The average Bonchev–Trinajstić information content (AvgIpc) is 2.62. The van der Waals surface area contributed by atoms with Crippen molar-refractivity contribution >= 4 is 5.91 Å². The normalized spacial score (nSPS) is 40.3. The Bertz CT molecular complexity index is 217. The molecule has 0 bridgehead atoms. The third kappa shape index (κ3) is 1.46. The maximum Gasteiger partial charge on any atom is 0.237 e. The molecule has 74 valence electrons. The third-order valence-corrected chi connectivity index (χ3v) is 3.70. The molecule has 3 unspecified atom stereocenters. The van der Waals surface area contributed by atoms with Gasteiger partial charge in [-0.3, -0.25) is 10.1 Å². The van der Waals surface area contributed by atoms with Gasteiger partial charge in [-0.05, 0) is 24.7 Å². The van der Waals surface area contributed by atoms with Crippen molar-refractivity contribution in [3.05, 3.63) is 0 Å². The molecule has 0 radical (unpaired) electrons. The predicted octanol–water partition coefficient (Wildman–Crippen LogP) is 0.810. The summed E-state index contributed by atoms with van der Waals surface area (Å²) in [5.74, 6) is 1.73. The van der Waals surface area contributed by atoms with Crippen molar-refractivity contribution in [2.45, 2.75) is 32.7 Å². The van der Waals surface area contributed by atoms with E-state index in [0.717, 1.165) is 12.6 Å². The van der Waals surface area contributed by atoms with Gasteiger partial charge in [0.2, 0.25) is 5.91 Å². The average molecular weight is 182 g/mol. The highest BCUT2D eigenvalue weighted by Crippen LogP contribution is 2.34. The largest absolute Gasteiger partial charge is 0.326 e. The zero-order valence-corrected chi connectivity index (χ0v) is 8.42. The van der Waals surface area contributed by atoms with E-state index in [1.54, 1.807) is 0 Å². The van der Waals surface area contributed by atoms with Crippen LogP contribution in [0.4, 0.5) is 0 Å². The van der Waals surface area contributed by atoms with E-state index in [-0.39, 0.29) is 5.91 Å². The van der Waals surface area contributed by atoms with Crippen LogP contribution >= 0.6 is 0 Å². The van der Waals surface area contributed by atoms with Crippen molar-refractivity contribution in [3.63, 3.8) is 0 Å². The van der Waals surface area contributed by atoms with Gasteiger partial charge in [-0.1, -0.05) is 13.8 Å². The van der Waals surface area contributed by atoms with E-state index in [9.17, 15) is 4.79 Å². The molecule has 1 heterocycles. The lowest BCUT2D eigenvalue weighted by Crippen LogP contribution is -2.39. The molecule has 2 fully saturated rings. The predicted molar refractivity (Wildman–Crippen MR) is 51.1 cm³/mol. The van der Waals surface area contributed by atoms with E-state index in [1.807, 2.05) is 4.90 Å². The second-order valence-electron chi connectivity index (χ2n) is 4.43. The van der Waals surface area contributed by atoms with Crippen LogP contribution in [0.25, 0.3) is 0 Å². The van der Waals surface area contributed by atoms with Crippen LogP contribution in [0, 0.1) is 11.8 Å². The highest BCUT2D eigenvalue weighted by Gasteiger charge is 2.37. The summed E-state index contributed by atoms with van der Waals surface area (Å²) in [4.78, 5) is 13.5. The third-order valence-electron chi connectivity index (χ3n) is 3.70. The fourth-order valence-electron chi connectivity index (χ4n) is 2.55. The summed E-state index contributed by atoms with van der Waals surface area (Å²) in [7, 11) is 0. The Morgan fingerprint density at radius 1 is 1.38 bits per heavy atom. The zero-order chi connectivity index (χ0) is 9.42.